The Morgan fingerprint density at radius 3 is 2.43 bits per heavy atom. The Kier molecular flexibility index (Phi) is 11.5. The molecule has 0 aliphatic carbocycles. The predicted molar refractivity (Wildman–Crippen MR) is 108 cm³/mol. The Morgan fingerprint density at radius 1 is 1.10 bits per heavy atom. The number of halogens is 2. The lowest BCUT2D eigenvalue weighted by atomic mass is 10.1. The number of carbonyl (C=O) groups excluding carboxylic acids is 2. The van der Waals surface area contributed by atoms with E-state index in [0.717, 1.165) is 38.2 Å². The maximum absolute atomic E-state index is 13.5. The molecule has 0 spiro atoms. The van der Waals surface area contributed by atoms with Crippen molar-refractivity contribution in [2.45, 2.75) is 57.6 Å². The van der Waals surface area contributed by atoms with Gasteiger partial charge in [-0.05, 0) is 18.9 Å². The minimum absolute atomic E-state index is 0.0457. The molecule has 170 valence electrons. The SMILES string of the molecule is C[N+](C)(C)C[C@@H](CC(=O)[O-])NC(=O)CCCCCCCOCc1cccc(F)c1F. The number of benzene rings is 1. The van der Waals surface area contributed by atoms with E-state index in [1.54, 1.807) is 0 Å². The molecule has 0 aromatic heterocycles. The van der Waals surface area contributed by atoms with Crippen molar-refractivity contribution in [2.75, 3.05) is 34.3 Å². The summed E-state index contributed by atoms with van der Waals surface area (Å²) < 4.78 is 32.5. The van der Waals surface area contributed by atoms with Crippen LogP contribution in [0.25, 0.3) is 0 Å². The third kappa shape index (κ3) is 11.8. The average molecular weight is 429 g/mol. The molecule has 1 rings (SSSR count). The Hall–Kier alpha value is -2.06. The van der Waals surface area contributed by atoms with Crippen LogP contribution >= 0.6 is 0 Å². The minimum Gasteiger partial charge on any atom is -0.550 e. The molecule has 0 heterocycles. The van der Waals surface area contributed by atoms with Crippen LogP contribution in [0.2, 0.25) is 0 Å². The number of carboxylic acids is 1. The van der Waals surface area contributed by atoms with E-state index in [1.807, 2.05) is 21.1 Å². The Morgan fingerprint density at radius 2 is 1.77 bits per heavy atom. The number of hydrogen-bond donors (Lipinski definition) is 1. The van der Waals surface area contributed by atoms with Crippen molar-refractivity contribution in [1.82, 2.24) is 5.32 Å². The van der Waals surface area contributed by atoms with Gasteiger partial charge in [-0.3, -0.25) is 4.79 Å². The lowest BCUT2D eigenvalue weighted by Crippen LogP contribution is -2.50. The number of amides is 1. The highest BCUT2D eigenvalue weighted by Crippen LogP contribution is 2.13. The van der Waals surface area contributed by atoms with Gasteiger partial charge in [0.1, 0.15) is 0 Å². The summed E-state index contributed by atoms with van der Waals surface area (Å²) in [6.45, 7) is 1.02. The maximum Gasteiger partial charge on any atom is 0.220 e. The van der Waals surface area contributed by atoms with Crippen LogP contribution in [0.4, 0.5) is 8.78 Å². The van der Waals surface area contributed by atoms with Crippen molar-refractivity contribution in [3.8, 4) is 0 Å². The van der Waals surface area contributed by atoms with Gasteiger partial charge in [-0.25, -0.2) is 8.78 Å². The van der Waals surface area contributed by atoms with Gasteiger partial charge in [0.05, 0.1) is 40.3 Å². The number of quaternary nitrogens is 1. The third-order valence-corrected chi connectivity index (χ3v) is 4.53. The highest BCUT2D eigenvalue weighted by Gasteiger charge is 2.20. The molecule has 8 heteroatoms. The molecular formula is C22H34F2N2O4. The van der Waals surface area contributed by atoms with Crippen LogP contribution in [-0.2, 0) is 20.9 Å². The molecule has 30 heavy (non-hydrogen) atoms. The number of hydrogen-bond acceptors (Lipinski definition) is 4. The first kappa shape index (κ1) is 26.0. The highest BCUT2D eigenvalue weighted by atomic mass is 19.2. The molecule has 0 fully saturated rings. The van der Waals surface area contributed by atoms with E-state index < -0.39 is 23.6 Å². The molecule has 0 saturated carbocycles. The summed E-state index contributed by atoms with van der Waals surface area (Å²) in [6, 6.07) is 3.59. The average Bonchev–Trinajstić information content (AvgIpc) is 2.61. The van der Waals surface area contributed by atoms with Crippen LogP contribution in [0, 0.1) is 11.6 Å². The number of nitrogens with one attached hydrogen (secondary N) is 1. The fourth-order valence-corrected chi connectivity index (χ4v) is 3.19. The number of likely N-dealkylation sites (N-methyl/N-ethyl adjacent to an activating group) is 1. The Labute approximate surface area is 177 Å². The van der Waals surface area contributed by atoms with Gasteiger partial charge < -0.3 is 24.4 Å². The summed E-state index contributed by atoms with van der Waals surface area (Å²) in [4.78, 5) is 23.0. The third-order valence-electron chi connectivity index (χ3n) is 4.53. The smallest absolute Gasteiger partial charge is 0.220 e. The quantitative estimate of drug-likeness (QED) is 0.343. The van der Waals surface area contributed by atoms with E-state index in [-0.39, 0.29) is 24.5 Å². The Bertz CT molecular complexity index is 678. The number of nitrogens with zero attached hydrogens (tertiary/aromatic N) is 1. The minimum atomic E-state index is -1.17. The fourth-order valence-electron chi connectivity index (χ4n) is 3.19. The summed E-state index contributed by atoms with van der Waals surface area (Å²) in [5.41, 5.74) is 0.211. The van der Waals surface area contributed by atoms with Crippen LogP contribution in [0.15, 0.2) is 18.2 Å². The second-order valence-electron chi connectivity index (χ2n) is 8.60. The summed E-state index contributed by atoms with van der Waals surface area (Å²) >= 11 is 0. The van der Waals surface area contributed by atoms with Crippen molar-refractivity contribution < 1.29 is 32.7 Å². The van der Waals surface area contributed by atoms with E-state index in [0.29, 0.717) is 24.1 Å². The molecule has 0 aliphatic heterocycles. The van der Waals surface area contributed by atoms with Crippen LogP contribution in [0.1, 0.15) is 50.5 Å². The molecule has 0 aliphatic rings. The number of carboxylic acid groups (broad SMARTS) is 1. The molecule has 1 amide bonds. The number of carbonyl (C=O) groups is 2. The van der Waals surface area contributed by atoms with E-state index in [9.17, 15) is 23.5 Å². The summed E-state index contributed by atoms with van der Waals surface area (Å²) in [5.74, 6) is -3.05. The molecular weight excluding hydrogens is 394 g/mol. The van der Waals surface area contributed by atoms with Crippen LogP contribution in [0.5, 0.6) is 0 Å². The van der Waals surface area contributed by atoms with Gasteiger partial charge in [-0.2, -0.15) is 0 Å². The normalized spacial score (nSPS) is 12.6. The molecule has 1 atom stereocenters. The number of ether oxygens (including phenoxy) is 1. The molecule has 0 unspecified atom stereocenters. The topological polar surface area (TPSA) is 78.5 Å². The van der Waals surface area contributed by atoms with Crippen LogP contribution < -0.4 is 10.4 Å². The molecule has 1 N–H and O–H groups in total. The van der Waals surface area contributed by atoms with Gasteiger partial charge in [0, 0.05) is 31.0 Å². The number of rotatable bonds is 15. The first-order chi connectivity index (χ1) is 14.1. The van der Waals surface area contributed by atoms with E-state index in [1.165, 1.54) is 12.1 Å². The van der Waals surface area contributed by atoms with Crippen molar-refractivity contribution in [3.05, 3.63) is 35.4 Å². The monoisotopic (exact) mass is 428 g/mol. The zero-order valence-corrected chi connectivity index (χ0v) is 18.2. The van der Waals surface area contributed by atoms with Crippen molar-refractivity contribution in [2.24, 2.45) is 0 Å². The van der Waals surface area contributed by atoms with E-state index in [4.69, 9.17) is 4.74 Å². The predicted octanol–water partition coefficient (Wildman–Crippen LogP) is 2.15. The maximum atomic E-state index is 13.5. The first-order valence-corrected chi connectivity index (χ1v) is 10.4. The van der Waals surface area contributed by atoms with Crippen LogP contribution in [0.3, 0.4) is 0 Å². The van der Waals surface area contributed by atoms with Gasteiger partial charge in [0.25, 0.3) is 0 Å². The van der Waals surface area contributed by atoms with E-state index >= 15 is 0 Å². The summed E-state index contributed by atoms with van der Waals surface area (Å²) in [6.07, 6.45) is 4.43. The van der Waals surface area contributed by atoms with Gasteiger partial charge in [0.2, 0.25) is 5.91 Å². The van der Waals surface area contributed by atoms with Gasteiger partial charge in [-0.1, -0.05) is 31.4 Å². The van der Waals surface area contributed by atoms with Gasteiger partial charge >= 0.3 is 0 Å². The van der Waals surface area contributed by atoms with Crippen molar-refractivity contribution in [3.63, 3.8) is 0 Å². The van der Waals surface area contributed by atoms with E-state index in [2.05, 4.69) is 5.32 Å². The fraction of sp³-hybridized carbons (Fsp3) is 0.636. The molecule has 0 radical (unpaired) electrons. The zero-order valence-electron chi connectivity index (χ0n) is 18.2. The first-order valence-electron chi connectivity index (χ1n) is 10.4. The standard InChI is InChI=1S/C22H34F2N2O4/c1-26(2,3)15-18(14-21(28)29)25-20(27)12-7-5-4-6-8-13-30-16-17-10-9-11-19(23)22(17)24/h9-11,18H,4-8,12-16H2,1-3H3,(H-,25,27,28,29)/t18-/m1/s1. The molecule has 0 saturated heterocycles. The summed E-state index contributed by atoms with van der Waals surface area (Å²) in [5, 5.41) is 13.7. The number of aliphatic carboxylic acids is 1. The van der Waals surface area contributed by atoms with Crippen molar-refractivity contribution >= 4 is 11.9 Å². The second-order valence-corrected chi connectivity index (χ2v) is 8.60. The summed E-state index contributed by atoms with van der Waals surface area (Å²) in [7, 11) is 5.81. The largest absolute Gasteiger partial charge is 0.550 e. The van der Waals surface area contributed by atoms with Gasteiger partial charge in [0.15, 0.2) is 11.6 Å². The zero-order chi connectivity index (χ0) is 22.6. The molecule has 6 nitrogen and oxygen atoms in total. The Balaban J connectivity index is 2.11. The highest BCUT2D eigenvalue weighted by molar-refractivity contribution is 5.77. The molecule has 1 aromatic carbocycles. The molecule has 0 bridgehead atoms. The van der Waals surface area contributed by atoms with Crippen molar-refractivity contribution in [1.29, 1.82) is 0 Å². The molecule has 1 aromatic rings. The number of unbranched alkanes of at least 4 members (excludes halogenated alkanes) is 4. The van der Waals surface area contributed by atoms with Gasteiger partial charge in [-0.15, -0.1) is 0 Å². The lowest BCUT2D eigenvalue weighted by molar-refractivity contribution is -0.871. The second kappa shape index (κ2) is 13.3. The van der Waals surface area contributed by atoms with Crippen LogP contribution in [-0.4, -0.2) is 56.7 Å². The lowest BCUT2D eigenvalue weighted by Gasteiger charge is -2.30.